The van der Waals surface area contributed by atoms with Crippen molar-refractivity contribution in [3.8, 4) is 0 Å². The van der Waals surface area contributed by atoms with Gasteiger partial charge in [0, 0.05) is 11.5 Å². The Labute approximate surface area is 92.5 Å². The molecule has 0 bridgehead atoms. The Balaban J connectivity index is 3.39. The molecule has 0 spiro atoms. The molecule has 1 heteroatoms. The Hall–Kier alpha value is -1.11. The van der Waals surface area contributed by atoms with Gasteiger partial charge in [-0.15, -0.1) is 0 Å². The van der Waals surface area contributed by atoms with Gasteiger partial charge >= 0.3 is 0 Å². The molecule has 0 saturated carbocycles. The summed E-state index contributed by atoms with van der Waals surface area (Å²) in [4.78, 5) is 12.0. The molecule has 0 unspecified atom stereocenters. The summed E-state index contributed by atoms with van der Waals surface area (Å²) in [6.07, 6.45) is 0. The van der Waals surface area contributed by atoms with E-state index in [4.69, 9.17) is 0 Å². The number of rotatable bonds is 2. The number of aryl methyl sites for hydroxylation is 1. The molecule has 0 radical (unpaired) electrons. The molecule has 82 valence electrons. The predicted octanol–water partition coefficient (Wildman–Crippen LogP) is 3.76. The van der Waals surface area contributed by atoms with Crippen LogP contribution in [0.4, 0.5) is 0 Å². The van der Waals surface area contributed by atoms with Crippen LogP contribution < -0.4 is 0 Å². The number of carbonyl (C=O) groups excluding carboxylic acids is 1. The van der Waals surface area contributed by atoms with E-state index in [1.54, 1.807) is 0 Å². The monoisotopic (exact) mass is 204 g/mol. The highest BCUT2D eigenvalue weighted by Gasteiger charge is 2.16. The van der Waals surface area contributed by atoms with Gasteiger partial charge in [0.1, 0.15) is 0 Å². The minimum atomic E-state index is 0.0743. The Morgan fingerprint density at radius 1 is 1.00 bits per heavy atom. The molecule has 1 aromatic rings. The average Bonchev–Trinajstić information content (AvgIpc) is 2.19. The van der Waals surface area contributed by atoms with Gasteiger partial charge in [-0.05, 0) is 56.0 Å². The van der Waals surface area contributed by atoms with Gasteiger partial charge in [-0.3, -0.25) is 4.79 Å². The molecule has 0 saturated heterocycles. The maximum Gasteiger partial charge on any atom is 0.165 e. The van der Waals surface area contributed by atoms with Crippen molar-refractivity contribution in [1.82, 2.24) is 0 Å². The lowest BCUT2D eigenvalue weighted by molar-refractivity contribution is 0.0938. The van der Waals surface area contributed by atoms with Crippen LogP contribution in [0.1, 0.15) is 46.5 Å². The second kappa shape index (κ2) is 4.18. The van der Waals surface area contributed by atoms with Gasteiger partial charge in [0.05, 0.1) is 0 Å². The third-order valence-corrected chi connectivity index (χ3v) is 3.27. The number of hydrogen-bond acceptors (Lipinski definition) is 1. The van der Waals surface area contributed by atoms with Crippen LogP contribution in [-0.2, 0) is 0 Å². The van der Waals surface area contributed by atoms with Crippen molar-refractivity contribution in [1.29, 1.82) is 0 Å². The molecule has 0 N–H and O–H groups in total. The summed E-state index contributed by atoms with van der Waals surface area (Å²) in [6.45, 7) is 12.2. The molecule has 15 heavy (non-hydrogen) atoms. The van der Waals surface area contributed by atoms with Crippen LogP contribution in [0, 0.1) is 33.6 Å². The maximum absolute atomic E-state index is 12.0. The molecule has 1 nitrogen and oxygen atoms in total. The topological polar surface area (TPSA) is 17.1 Å². The molecule has 0 aliphatic carbocycles. The van der Waals surface area contributed by atoms with Gasteiger partial charge in [0.15, 0.2) is 5.78 Å². The van der Waals surface area contributed by atoms with Crippen LogP contribution in [0.25, 0.3) is 0 Å². The SMILES string of the molecule is Cc1cc(C(=O)C(C)C)c(C)c(C)c1C. The summed E-state index contributed by atoms with van der Waals surface area (Å²) in [5, 5.41) is 0. The predicted molar refractivity (Wildman–Crippen MR) is 64.6 cm³/mol. The first-order valence-electron chi connectivity index (χ1n) is 5.47. The van der Waals surface area contributed by atoms with Crippen molar-refractivity contribution >= 4 is 5.78 Å². The molecular weight excluding hydrogens is 184 g/mol. The van der Waals surface area contributed by atoms with E-state index >= 15 is 0 Å². The number of benzene rings is 1. The van der Waals surface area contributed by atoms with E-state index < -0.39 is 0 Å². The molecule has 0 aliphatic heterocycles. The lowest BCUT2D eigenvalue weighted by Crippen LogP contribution is -2.11. The maximum atomic E-state index is 12.0. The molecule has 0 heterocycles. The van der Waals surface area contributed by atoms with Crippen molar-refractivity contribution in [2.24, 2.45) is 5.92 Å². The smallest absolute Gasteiger partial charge is 0.165 e. The van der Waals surface area contributed by atoms with Crippen LogP contribution in [0.2, 0.25) is 0 Å². The van der Waals surface area contributed by atoms with Gasteiger partial charge in [-0.1, -0.05) is 13.8 Å². The summed E-state index contributed by atoms with van der Waals surface area (Å²) in [7, 11) is 0. The minimum Gasteiger partial charge on any atom is -0.294 e. The summed E-state index contributed by atoms with van der Waals surface area (Å²) < 4.78 is 0. The fourth-order valence-corrected chi connectivity index (χ4v) is 1.78. The van der Waals surface area contributed by atoms with E-state index in [1.165, 1.54) is 16.7 Å². The van der Waals surface area contributed by atoms with Gasteiger partial charge < -0.3 is 0 Å². The molecular formula is C14H20O. The average molecular weight is 204 g/mol. The highest BCUT2D eigenvalue weighted by atomic mass is 16.1. The normalized spacial score (nSPS) is 10.9. The number of carbonyl (C=O) groups is 1. The Morgan fingerprint density at radius 3 is 2.00 bits per heavy atom. The first-order chi connectivity index (χ1) is 6.86. The van der Waals surface area contributed by atoms with E-state index in [9.17, 15) is 4.79 Å². The first kappa shape index (κ1) is 12.0. The van der Waals surface area contributed by atoms with E-state index in [0.717, 1.165) is 11.1 Å². The van der Waals surface area contributed by atoms with Crippen molar-refractivity contribution in [2.45, 2.75) is 41.5 Å². The van der Waals surface area contributed by atoms with Crippen molar-refractivity contribution in [3.05, 3.63) is 33.9 Å². The fraction of sp³-hybridized carbons (Fsp3) is 0.500. The first-order valence-corrected chi connectivity index (χ1v) is 5.47. The third-order valence-electron chi connectivity index (χ3n) is 3.27. The number of ketones is 1. The molecule has 0 amide bonds. The van der Waals surface area contributed by atoms with Crippen LogP contribution >= 0.6 is 0 Å². The fourth-order valence-electron chi connectivity index (χ4n) is 1.78. The standard InChI is InChI=1S/C14H20O/c1-8(2)14(15)13-7-9(3)10(4)11(5)12(13)6/h7-8H,1-6H3. The van der Waals surface area contributed by atoms with Gasteiger partial charge in [0.2, 0.25) is 0 Å². The Kier molecular flexibility index (Phi) is 3.33. The Bertz CT molecular complexity index is 400. The largest absolute Gasteiger partial charge is 0.294 e. The van der Waals surface area contributed by atoms with Gasteiger partial charge in [-0.25, -0.2) is 0 Å². The van der Waals surface area contributed by atoms with E-state index in [0.29, 0.717) is 0 Å². The van der Waals surface area contributed by atoms with Crippen molar-refractivity contribution in [2.75, 3.05) is 0 Å². The van der Waals surface area contributed by atoms with E-state index in [2.05, 4.69) is 20.8 Å². The molecule has 0 aromatic heterocycles. The zero-order valence-electron chi connectivity index (χ0n) is 10.6. The second-order valence-electron chi connectivity index (χ2n) is 4.63. The molecule has 1 rings (SSSR count). The quantitative estimate of drug-likeness (QED) is 0.670. The highest BCUT2D eigenvalue weighted by Crippen LogP contribution is 2.23. The van der Waals surface area contributed by atoms with Gasteiger partial charge in [0.25, 0.3) is 0 Å². The number of hydrogen-bond donors (Lipinski definition) is 0. The summed E-state index contributed by atoms with van der Waals surface area (Å²) >= 11 is 0. The highest BCUT2D eigenvalue weighted by molar-refractivity contribution is 5.99. The van der Waals surface area contributed by atoms with Crippen molar-refractivity contribution < 1.29 is 4.79 Å². The second-order valence-corrected chi connectivity index (χ2v) is 4.63. The lowest BCUT2D eigenvalue weighted by Gasteiger charge is -2.14. The van der Waals surface area contributed by atoms with Crippen LogP contribution in [-0.4, -0.2) is 5.78 Å². The summed E-state index contributed by atoms with van der Waals surface area (Å²) in [6, 6.07) is 2.03. The summed E-state index contributed by atoms with van der Waals surface area (Å²) in [5.41, 5.74) is 5.79. The molecule has 0 aliphatic rings. The third kappa shape index (κ3) is 2.11. The summed E-state index contributed by atoms with van der Waals surface area (Å²) in [5.74, 6) is 0.323. The zero-order valence-corrected chi connectivity index (χ0v) is 10.6. The van der Waals surface area contributed by atoms with E-state index in [1.807, 2.05) is 26.8 Å². The van der Waals surface area contributed by atoms with Crippen molar-refractivity contribution in [3.63, 3.8) is 0 Å². The molecule has 1 aromatic carbocycles. The number of Topliss-reactive ketones (excluding diaryl/α,β-unsaturated/α-hetero) is 1. The van der Waals surface area contributed by atoms with Crippen LogP contribution in [0.5, 0.6) is 0 Å². The van der Waals surface area contributed by atoms with Crippen LogP contribution in [0.3, 0.4) is 0 Å². The van der Waals surface area contributed by atoms with Crippen LogP contribution in [0.15, 0.2) is 6.07 Å². The van der Waals surface area contributed by atoms with E-state index in [-0.39, 0.29) is 11.7 Å². The zero-order chi connectivity index (χ0) is 11.7. The molecule has 0 atom stereocenters. The minimum absolute atomic E-state index is 0.0743. The Morgan fingerprint density at radius 2 is 1.53 bits per heavy atom. The molecule has 0 fully saturated rings. The van der Waals surface area contributed by atoms with Gasteiger partial charge in [-0.2, -0.15) is 0 Å². The lowest BCUT2D eigenvalue weighted by atomic mass is 9.89.